The molecule has 6 nitrogen and oxygen atoms in total. The van der Waals surface area contributed by atoms with Gasteiger partial charge in [-0.3, -0.25) is 0 Å². The number of β-amino-alcohol motifs (C(OH)–C–C–N with tert-alkyl or cyclic N) is 1. The number of rotatable bonds is 3. The lowest BCUT2D eigenvalue weighted by molar-refractivity contribution is -0.000718. The van der Waals surface area contributed by atoms with Crippen molar-refractivity contribution in [3.63, 3.8) is 0 Å². The summed E-state index contributed by atoms with van der Waals surface area (Å²) in [5.74, 6) is -0.589. The lowest BCUT2D eigenvalue weighted by Crippen LogP contribution is -2.39. The smallest absolute Gasteiger partial charge is 0.227 e. The maximum absolute atomic E-state index is 11.3. The van der Waals surface area contributed by atoms with Crippen LogP contribution in [0.5, 0.6) is 0 Å². The Hall–Kier alpha value is -0.680. The molecule has 0 bridgehead atoms. The van der Waals surface area contributed by atoms with Crippen LogP contribution in [-0.2, 0) is 10.0 Å². The number of aliphatic hydroxyl groups excluding tert-OH is 1. The minimum Gasteiger partial charge on any atom is -0.393 e. The second-order valence-corrected chi connectivity index (χ2v) is 5.35. The van der Waals surface area contributed by atoms with Gasteiger partial charge in [0.05, 0.1) is 12.7 Å². The quantitative estimate of drug-likeness (QED) is 0.588. The Labute approximate surface area is 82.4 Å². The molecular formula is C7H12N2O4S. The molecule has 0 aromatic heterocycles. The lowest BCUT2D eigenvalue weighted by atomic mass is 10.1. The van der Waals surface area contributed by atoms with Gasteiger partial charge < -0.3 is 10.2 Å². The minimum atomic E-state index is -3.59. The van der Waals surface area contributed by atoms with Crippen LogP contribution in [0, 0.1) is 11.3 Å². The summed E-state index contributed by atoms with van der Waals surface area (Å²) in [6.07, 6.45) is 0.203. The molecule has 1 rings (SSSR count). The van der Waals surface area contributed by atoms with Crippen LogP contribution in [0.3, 0.4) is 0 Å². The van der Waals surface area contributed by atoms with Crippen molar-refractivity contribution in [1.29, 1.82) is 5.26 Å². The van der Waals surface area contributed by atoms with Crippen LogP contribution in [0.15, 0.2) is 0 Å². The molecule has 0 amide bonds. The maximum Gasteiger partial charge on any atom is 0.227 e. The molecule has 80 valence electrons. The second-order valence-electron chi connectivity index (χ2n) is 3.38. The van der Waals surface area contributed by atoms with Gasteiger partial charge in [-0.25, -0.2) is 8.42 Å². The van der Waals surface area contributed by atoms with Crippen molar-refractivity contribution in [1.82, 2.24) is 4.31 Å². The average Bonchev–Trinajstić information content (AvgIpc) is 2.50. The van der Waals surface area contributed by atoms with E-state index in [0.717, 1.165) is 4.31 Å². The van der Waals surface area contributed by atoms with Gasteiger partial charge in [0, 0.05) is 13.1 Å². The molecule has 7 heteroatoms. The SMILES string of the molecule is N#CCS(=O)(=O)N1CCC(O)(CO)C1. The van der Waals surface area contributed by atoms with Crippen LogP contribution in [0.25, 0.3) is 0 Å². The summed E-state index contributed by atoms with van der Waals surface area (Å²) in [4.78, 5) is 0. The van der Waals surface area contributed by atoms with Gasteiger partial charge in [0.1, 0.15) is 5.60 Å². The summed E-state index contributed by atoms with van der Waals surface area (Å²) in [6.45, 7) is -0.444. The molecular weight excluding hydrogens is 208 g/mol. The Morgan fingerprint density at radius 1 is 1.57 bits per heavy atom. The number of hydrogen-bond donors (Lipinski definition) is 2. The zero-order valence-electron chi connectivity index (χ0n) is 7.55. The third-order valence-corrected chi connectivity index (χ3v) is 3.82. The Kier molecular flexibility index (Phi) is 3.11. The molecule has 0 saturated carbocycles. The van der Waals surface area contributed by atoms with E-state index in [9.17, 15) is 13.5 Å². The summed E-state index contributed by atoms with van der Waals surface area (Å²) in [7, 11) is -3.59. The Morgan fingerprint density at radius 3 is 2.64 bits per heavy atom. The maximum atomic E-state index is 11.3. The van der Waals surface area contributed by atoms with Crippen molar-refractivity contribution < 1.29 is 18.6 Å². The summed E-state index contributed by atoms with van der Waals surface area (Å²) >= 11 is 0. The topological polar surface area (TPSA) is 102 Å². The molecule has 14 heavy (non-hydrogen) atoms. The number of sulfonamides is 1. The van der Waals surface area contributed by atoms with Gasteiger partial charge in [-0.1, -0.05) is 0 Å². The highest BCUT2D eigenvalue weighted by Crippen LogP contribution is 2.23. The van der Waals surface area contributed by atoms with E-state index in [2.05, 4.69) is 0 Å². The Bertz CT molecular complexity index is 347. The molecule has 0 radical (unpaired) electrons. The molecule has 1 fully saturated rings. The molecule has 1 unspecified atom stereocenters. The predicted molar refractivity (Wildman–Crippen MR) is 47.6 cm³/mol. The van der Waals surface area contributed by atoms with E-state index >= 15 is 0 Å². The first kappa shape index (κ1) is 11.4. The highest BCUT2D eigenvalue weighted by molar-refractivity contribution is 7.89. The van der Waals surface area contributed by atoms with Crippen molar-refractivity contribution in [2.75, 3.05) is 25.4 Å². The monoisotopic (exact) mass is 220 g/mol. The Balaban J connectivity index is 2.73. The molecule has 2 N–H and O–H groups in total. The summed E-state index contributed by atoms with van der Waals surface area (Å²) in [5, 5.41) is 26.6. The third kappa shape index (κ3) is 2.22. The summed E-state index contributed by atoms with van der Waals surface area (Å²) in [5.41, 5.74) is -1.34. The van der Waals surface area contributed by atoms with E-state index in [4.69, 9.17) is 10.4 Å². The van der Waals surface area contributed by atoms with Gasteiger partial charge in [0.2, 0.25) is 10.0 Å². The van der Waals surface area contributed by atoms with Crippen LogP contribution < -0.4 is 0 Å². The van der Waals surface area contributed by atoms with Crippen molar-refractivity contribution in [3.8, 4) is 6.07 Å². The minimum absolute atomic E-state index is 0.131. The van der Waals surface area contributed by atoms with Crippen LogP contribution in [0.1, 0.15) is 6.42 Å². The van der Waals surface area contributed by atoms with Crippen molar-refractivity contribution in [3.05, 3.63) is 0 Å². The van der Waals surface area contributed by atoms with E-state index in [1.165, 1.54) is 0 Å². The van der Waals surface area contributed by atoms with Crippen molar-refractivity contribution in [2.24, 2.45) is 0 Å². The zero-order chi connectivity index (χ0) is 10.8. The van der Waals surface area contributed by atoms with Gasteiger partial charge in [-0.15, -0.1) is 0 Å². The number of aliphatic hydroxyl groups is 2. The normalized spacial score (nSPS) is 28.9. The van der Waals surface area contributed by atoms with Crippen molar-refractivity contribution in [2.45, 2.75) is 12.0 Å². The van der Waals surface area contributed by atoms with Gasteiger partial charge in [0.15, 0.2) is 5.75 Å². The largest absolute Gasteiger partial charge is 0.393 e. The number of nitriles is 1. The van der Waals surface area contributed by atoms with E-state index < -0.39 is 28.0 Å². The van der Waals surface area contributed by atoms with Crippen molar-refractivity contribution >= 4 is 10.0 Å². The fourth-order valence-corrected chi connectivity index (χ4v) is 2.51. The van der Waals surface area contributed by atoms with E-state index in [1.54, 1.807) is 6.07 Å². The number of hydrogen-bond acceptors (Lipinski definition) is 5. The Morgan fingerprint density at radius 2 is 2.21 bits per heavy atom. The fraction of sp³-hybridized carbons (Fsp3) is 0.857. The van der Waals surface area contributed by atoms with Gasteiger partial charge in [-0.05, 0) is 6.42 Å². The molecule has 0 aromatic rings. The highest BCUT2D eigenvalue weighted by atomic mass is 32.2. The third-order valence-electron chi connectivity index (χ3n) is 2.23. The summed E-state index contributed by atoms with van der Waals surface area (Å²) < 4.78 is 23.7. The van der Waals surface area contributed by atoms with E-state index in [1.807, 2.05) is 0 Å². The zero-order valence-corrected chi connectivity index (χ0v) is 8.37. The summed E-state index contributed by atoms with van der Waals surface area (Å²) in [6, 6.07) is 1.56. The standard InChI is InChI=1S/C7H12N2O4S/c8-2-4-14(12,13)9-3-1-7(11,5-9)6-10/h10-11H,1,3-6H2. The molecule has 0 aliphatic carbocycles. The van der Waals surface area contributed by atoms with Gasteiger partial charge >= 0.3 is 0 Å². The second kappa shape index (κ2) is 3.82. The molecule has 1 atom stereocenters. The molecule has 1 saturated heterocycles. The molecule has 0 spiro atoms. The molecule has 0 aromatic carbocycles. The number of nitrogens with zero attached hydrogens (tertiary/aromatic N) is 2. The fourth-order valence-electron chi connectivity index (χ4n) is 1.36. The van der Waals surface area contributed by atoms with E-state index in [0.29, 0.717) is 0 Å². The van der Waals surface area contributed by atoms with Crippen LogP contribution in [0.2, 0.25) is 0 Å². The van der Waals surface area contributed by atoms with Crippen LogP contribution in [-0.4, -0.2) is 54.0 Å². The predicted octanol–water partition coefficient (Wildman–Crippen LogP) is -1.73. The van der Waals surface area contributed by atoms with E-state index in [-0.39, 0.29) is 19.5 Å². The molecule has 1 aliphatic heterocycles. The first-order valence-electron chi connectivity index (χ1n) is 4.11. The van der Waals surface area contributed by atoms with Gasteiger partial charge in [-0.2, -0.15) is 9.57 Å². The van der Waals surface area contributed by atoms with Crippen LogP contribution in [0.4, 0.5) is 0 Å². The first-order valence-corrected chi connectivity index (χ1v) is 5.72. The van der Waals surface area contributed by atoms with Crippen LogP contribution >= 0.6 is 0 Å². The molecule has 1 heterocycles. The van der Waals surface area contributed by atoms with Gasteiger partial charge in [0.25, 0.3) is 0 Å². The first-order chi connectivity index (χ1) is 6.43. The lowest BCUT2D eigenvalue weighted by Gasteiger charge is -2.19. The molecule has 1 aliphatic rings. The highest BCUT2D eigenvalue weighted by Gasteiger charge is 2.40. The average molecular weight is 220 g/mol.